The molecule has 0 aliphatic heterocycles. The zero-order chi connectivity index (χ0) is 11.3. The number of carbonyl (C=O) groups excluding carboxylic acids is 1. The van der Waals surface area contributed by atoms with E-state index >= 15 is 0 Å². The predicted molar refractivity (Wildman–Crippen MR) is 55.7 cm³/mol. The van der Waals surface area contributed by atoms with Crippen molar-refractivity contribution in [3.63, 3.8) is 0 Å². The summed E-state index contributed by atoms with van der Waals surface area (Å²) in [6, 6.07) is 4.28. The molecule has 0 aromatic heterocycles. The summed E-state index contributed by atoms with van der Waals surface area (Å²) in [5.74, 6) is 0.487. The molecule has 0 atom stereocenters. The highest BCUT2D eigenvalue weighted by molar-refractivity contribution is 5.71. The number of rotatable bonds is 4. The van der Waals surface area contributed by atoms with Gasteiger partial charge in [0, 0.05) is 6.54 Å². The lowest BCUT2D eigenvalue weighted by atomic mass is 10.2. The minimum Gasteiger partial charge on any atom is -0.504 e. The molecule has 1 rings (SSSR count). The second kappa shape index (κ2) is 5.09. The number of amides is 2. The molecule has 5 nitrogen and oxygen atoms in total. The van der Waals surface area contributed by atoms with Crippen LogP contribution in [0, 0.1) is 0 Å². The Labute approximate surface area is 87.9 Å². The van der Waals surface area contributed by atoms with Gasteiger partial charge >= 0.3 is 6.03 Å². The monoisotopic (exact) mass is 210 g/mol. The molecule has 0 saturated carbocycles. The molecular weight excluding hydrogens is 196 g/mol. The van der Waals surface area contributed by atoms with E-state index in [1.807, 2.05) is 6.92 Å². The second-order valence-electron chi connectivity index (χ2n) is 2.95. The van der Waals surface area contributed by atoms with Crippen LogP contribution in [0.2, 0.25) is 0 Å². The molecule has 0 unspecified atom stereocenters. The maximum atomic E-state index is 10.5. The van der Waals surface area contributed by atoms with Crippen LogP contribution < -0.4 is 15.8 Å². The minimum absolute atomic E-state index is 0.0830. The number of urea groups is 1. The van der Waals surface area contributed by atoms with E-state index in [2.05, 4.69) is 5.32 Å². The van der Waals surface area contributed by atoms with Crippen LogP contribution in [-0.2, 0) is 6.54 Å². The van der Waals surface area contributed by atoms with Crippen LogP contribution in [0.4, 0.5) is 4.79 Å². The zero-order valence-corrected chi connectivity index (χ0v) is 8.49. The fourth-order valence-electron chi connectivity index (χ4n) is 1.13. The number of ether oxygens (including phenoxy) is 1. The molecule has 0 spiro atoms. The molecule has 15 heavy (non-hydrogen) atoms. The highest BCUT2D eigenvalue weighted by Crippen LogP contribution is 2.26. The van der Waals surface area contributed by atoms with Gasteiger partial charge in [-0.3, -0.25) is 0 Å². The molecule has 0 saturated heterocycles. The molecule has 0 fully saturated rings. The Morgan fingerprint density at radius 3 is 2.93 bits per heavy atom. The van der Waals surface area contributed by atoms with Crippen LogP contribution in [0.5, 0.6) is 11.5 Å². The van der Waals surface area contributed by atoms with Crippen molar-refractivity contribution in [2.45, 2.75) is 13.5 Å². The first-order chi connectivity index (χ1) is 7.13. The number of phenols is 1. The summed E-state index contributed by atoms with van der Waals surface area (Å²) in [5, 5.41) is 11.9. The van der Waals surface area contributed by atoms with Crippen molar-refractivity contribution in [3.05, 3.63) is 23.8 Å². The molecule has 4 N–H and O–H groups in total. The second-order valence-corrected chi connectivity index (χ2v) is 2.95. The topological polar surface area (TPSA) is 84.6 Å². The maximum absolute atomic E-state index is 10.5. The molecule has 1 aromatic rings. The quantitative estimate of drug-likeness (QED) is 0.692. The van der Waals surface area contributed by atoms with E-state index in [1.165, 1.54) is 6.07 Å². The molecular formula is C10H14N2O3. The SMILES string of the molecule is CCOc1cc(CNC(N)=O)ccc1O. The molecule has 0 aliphatic carbocycles. The molecule has 1 aromatic carbocycles. The number of nitrogens with one attached hydrogen (secondary N) is 1. The van der Waals surface area contributed by atoms with Gasteiger partial charge in [-0.05, 0) is 24.6 Å². The first-order valence-corrected chi connectivity index (χ1v) is 4.61. The van der Waals surface area contributed by atoms with Crippen molar-refractivity contribution in [2.75, 3.05) is 6.61 Å². The average Bonchev–Trinajstić information content (AvgIpc) is 2.19. The maximum Gasteiger partial charge on any atom is 0.312 e. The van der Waals surface area contributed by atoms with Crippen LogP contribution >= 0.6 is 0 Å². The Hall–Kier alpha value is -1.91. The molecule has 0 bridgehead atoms. The molecule has 82 valence electrons. The van der Waals surface area contributed by atoms with Crippen LogP contribution in [-0.4, -0.2) is 17.7 Å². The summed E-state index contributed by atoms with van der Waals surface area (Å²) in [5.41, 5.74) is 5.75. The Bertz CT molecular complexity index is 353. The number of carbonyl (C=O) groups is 1. The number of primary amides is 1. The van der Waals surface area contributed by atoms with Crippen LogP contribution in [0.15, 0.2) is 18.2 Å². The number of nitrogens with two attached hydrogens (primary N) is 1. The molecule has 0 heterocycles. The van der Waals surface area contributed by atoms with Gasteiger partial charge in [0.25, 0.3) is 0 Å². The molecule has 5 heteroatoms. The van der Waals surface area contributed by atoms with Crippen molar-refractivity contribution in [1.29, 1.82) is 0 Å². The number of hydrogen-bond donors (Lipinski definition) is 3. The fourth-order valence-corrected chi connectivity index (χ4v) is 1.13. The van der Waals surface area contributed by atoms with E-state index in [9.17, 15) is 9.90 Å². The highest BCUT2D eigenvalue weighted by atomic mass is 16.5. The first kappa shape index (κ1) is 11.2. The smallest absolute Gasteiger partial charge is 0.312 e. The van der Waals surface area contributed by atoms with Gasteiger partial charge in [0.15, 0.2) is 11.5 Å². The number of hydrogen-bond acceptors (Lipinski definition) is 3. The predicted octanol–water partition coefficient (Wildman–Crippen LogP) is 0.959. The first-order valence-electron chi connectivity index (χ1n) is 4.61. The van der Waals surface area contributed by atoms with Gasteiger partial charge < -0.3 is 20.9 Å². The summed E-state index contributed by atoms with van der Waals surface area (Å²) < 4.78 is 5.19. The summed E-state index contributed by atoms with van der Waals surface area (Å²) in [7, 11) is 0. The summed E-state index contributed by atoms with van der Waals surface area (Å²) >= 11 is 0. The lowest BCUT2D eigenvalue weighted by Crippen LogP contribution is -2.28. The third kappa shape index (κ3) is 3.38. The Morgan fingerprint density at radius 1 is 1.60 bits per heavy atom. The lowest BCUT2D eigenvalue weighted by Gasteiger charge is -2.08. The van der Waals surface area contributed by atoms with Gasteiger partial charge in [0.2, 0.25) is 0 Å². The van der Waals surface area contributed by atoms with Crippen molar-refractivity contribution >= 4 is 6.03 Å². The molecule has 0 aliphatic rings. The van der Waals surface area contributed by atoms with E-state index in [4.69, 9.17) is 10.5 Å². The van der Waals surface area contributed by atoms with E-state index < -0.39 is 6.03 Å². The molecule has 0 radical (unpaired) electrons. The summed E-state index contributed by atoms with van der Waals surface area (Å²) in [6.07, 6.45) is 0. The van der Waals surface area contributed by atoms with Crippen molar-refractivity contribution in [2.24, 2.45) is 5.73 Å². The average molecular weight is 210 g/mol. The van der Waals surface area contributed by atoms with Crippen molar-refractivity contribution in [3.8, 4) is 11.5 Å². The van der Waals surface area contributed by atoms with E-state index in [1.54, 1.807) is 12.1 Å². The van der Waals surface area contributed by atoms with Gasteiger partial charge in [-0.2, -0.15) is 0 Å². The van der Waals surface area contributed by atoms with Gasteiger partial charge in [0.1, 0.15) is 0 Å². The van der Waals surface area contributed by atoms with Crippen LogP contribution in [0.3, 0.4) is 0 Å². The fraction of sp³-hybridized carbons (Fsp3) is 0.300. The van der Waals surface area contributed by atoms with E-state index in [0.29, 0.717) is 18.9 Å². The standard InChI is InChI=1S/C10H14N2O3/c1-2-15-9-5-7(3-4-8(9)13)6-12-10(11)14/h3-5,13H,2,6H2,1H3,(H3,11,12,14). The largest absolute Gasteiger partial charge is 0.504 e. The minimum atomic E-state index is -0.582. The molecule has 2 amide bonds. The normalized spacial score (nSPS) is 9.67. The van der Waals surface area contributed by atoms with Crippen molar-refractivity contribution < 1.29 is 14.6 Å². The van der Waals surface area contributed by atoms with Gasteiger partial charge in [-0.1, -0.05) is 6.07 Å². The summed E-state index contributed by atoms with van der Waals surface area (Å²) in [4.78, 5) is 10.5. The van der Waals surface area contributed by atoms with Crippen LogP contribution in [0.25, 0.3) is 0 Å². The third-order valence-corrected chi connectivity index (χ3v) is 1.79. The van der Waals surface area contributed by atoms with Gasteiger partial charge in [-0.25, -0.2) is 4.79 Å². The lowest BCUT2D eigenvalue weighted by molar-refractivity contribution is 0.248. The van der Waals surface area contributed by atoms with E-state index in [0.717, 1.165) is 5.56 Å². The Morgan fingerprint density at radius 2 is 2.33 bits per heavy atom. The number of benzene rings is 1. The van der Waals surface area contributed by atoms with E-state index in [-0.39, 0.29) is 5.75 Å². The van der Waals surface area contributed by atoms with Gasteiger partial charge in [0.05, 0.1) is 6.61 Å². The third-order valence-electron chi connectivity index (χ3n) is 1.79. The Kier molecular flexibility index (Phi) is 3.79. The summed E-state index contributed by atoms with van der Waals surface area (Å²) in [6.45, 7) is 2.61. The van der Waals surface area contributed by atoms with Crippen molar-refractivity contribution in [1.82, 2.24) is 5.32 Å². The number of aromatic hydroxyl groups is 1. The number of phenolic OH excluding ortho intramolecular Hbond substituents is 1. The van der Waals surface area contributed by atoms with Crippen LogP contribution in [0.1, 0.15) is 12.5 Å². The Balaban J connectivity index is 2.73. The zero-order valence-electron chi connectivity index (χ0n) is 8.49. The van der Waals surface area contributed by atoms with Gasteiger partial charge in [-0.15, -0.1) is 0 Å². The highest BCUT2D eigenvalue weighted by Gasteiger charge is 2.03.